The number of benzene rings is 2. The number of aryl methyl sites for hydroxylation is 2. The van der Waals surface area contributed by atoms with Crippen LogP contribution in [0.3, 0.4) is 0 Å². The fourth-order valence-electron chi connectivity index (χ4n) is 3.00. The number of hydrogen-bond donors (Lipinski definition) is 2. The minimum absolute atomic E-state index is 0.195. The first-order chi connectivity index (χ1) is 13.0. The molecule has 6 heteroatoms. The molecule has 0 aliphatic heterocycles. The third kappa shape index (κ3) is 3.31. The number of rotatable bonds is 4. The summed E-state index contributed by atoms with van der Waals surface area (Å²) in [6, 6.07) is 13.4. The van der Waals surface area contributed by atoms with E-state index in [0.29, 0.717) is 17.3 Å². The highest BCUT2D eigenvalue weighted by Crippen LogP contribution is 2.39. The fourth-order valence-corrected chi connectivity index (χ4v) is 3.99. The van der Waals surface area contributed by atoms with Crippen LogP contribution >= 0.6 is 11.3 Å². The van der Waals surface area contributed by atoms with Crippen molar-refractivity contribution in [3.8, 4) is 22.6 Å². The van der Waals surface area contributed by atoms with Gasteiger partial charge in [-0.15, -0.1) is 11.3 Å². The first kappa shape index (κ1) is 17.3. The highest BCUT2D eigenvalue weighted by atomic mass is 32.1. The second kappa shape index (κ2) is 6.89. The van der Waals surface area contributed by atoms with Crippen molar-refractivity contribution in [2.45, 2.75) is 13.8 Å². The Balaban J connectivity index is 1.85. The summed E-state index contributed by atoms with van der Waals surface area (Å²) in [5.74, 6) is 2.37. The molecule has 0 aliphatic carbocycles. The molecule has 2 heterocycles. The number of phenolic OH excluding ortho intramolecular Hbond substituents is 1. The number of thiophene rings is 1. The van der Waals surface area contributed by atoms with Crippen LogP contribution in [0, 0.1) is 13.8 Å². The number of nitrogens with one attached hydrogen (secondary N) is 1. The highest BCUT2D eigenvalue weighted by molar-refractivity contribution is 7.17. The summed E-state index contributed by atoms with van der Waals surface area (Å²) >= 11 is 1.58. The van der Waals surface area contributed by atoms with Gasteiger partial charge in [0.25, 0.3) is 0 Å². The van der Waals surface area contributed by atoms with Crippen LogP contribution in [-0.4, -0.2) is 22.2 Å². The summed E-state index contributed by atoms with van der Waals surface area (Å²) in [4.78, 5) is 10.1. The van der Waals surface area contributed by atoms with Gasteiger partial charge in [0, 0.05) is 10.9 Å². The molecule has 27 heavy (non-hydrogen) atoms. The number of nitrogens with zero attached hydrogens (tertiary/aromatic N) is 2. The molecule has 0 amide bonds. The average Bonchev–Trinajstić information content (AvgIpc) is 3.08. The number of aromatic nitrogens is 2. The zero-order valence-corrected chi connectivity index (χ0v) is 16.1. The smallest absolute Gasteiger partial charge is 0.143 e. The quantitative estimate of drug-likeness (QED) is 0.464. The van der Waals surface area contributed by atoms with Crippen molar-refractivity contribution in [1.29, 1.82) is 0 Å². The number of aromatic hydroxyl groups is 1. The number of fused-ring (bicyclic) bond motifs is 1. The van der Waals surface area contributed by atoms with E-state index < -0.39 is 0 Å². The van der Waals surface area contributed by atoms with Crippen molar-refractivity contribution in [1.82, 2.24) is 9.97 Å². The van der Waals surface area contributed by atoms with Gasteiger partial charge < -0.3 is 15.2 Å². The van der Waals surface area contributed by atoms with Gasteiger partial charge in [0.2, 0.25) is 0 Å². The Morgan fingerprint density at radius 1 is 1.04 bits per heavy atom. The fraction of sp³-hybridized carbons (Fsp3) is 0.143. The maximum Gasteiger partial charge on any atom is 0.143 e. The van der Waals surface area contributed by atoms with Gasteiger partial charge in [-0.05, 0) is 49.2 Å². The van der Waals surface area contributed by atoms with Crippen LogP contribution in [0.15, 0.2) is 47.8 Å². The summed E-state index contributed by atoms with van der Waals surface area (Å²) in [5.41, 5.74) is 3.72. The van der Waals surface area contributed by atoms with Gasteiger partial charge in [0.05, 0.1) is 18.2 Å². The molecule has 0 bridgehead atoms. The monoisotopic (exact) mass is 377 g/mol. The second-order valence-corrected chi connectivity index (χ2v) is 7.18. The minimum atomic E-state index is 0.195. The molecule has 4 aromatic rings. The van der Waals surface area contributed by atoms with Crippen LogP contribution in [-0.2, 0) is 0 Å². The molecule has 4 rings (SSSR count). The molecule has 5 nitrogen and oxygen atoms in total. The molecule has 2 N–H and O–H groups in total. The van der Waals surface area contributed by atoms with E-state index in [9.17, 15) is 5.11 Å². The van der Waals surface area contributed by atoms with Crippen LogP contribution in [0.2, 0.25) is 0 Å². The molecular formula is C21H19N3O2S. The number of hydrogen-bond acceptors (Lipinski definition) is 6. The Kier molecular flexibility index (Phi) is 4.41. The normalized spacial score (nSPS) is 10.9. The lowest BCUT2D eigenvalue weighted by Crippen LogP contribution is -1.99. The predicted octanol–water partition coefficient (Wildman–Crippen LogP) is 5.43. The van der Waals surface area contributed by atoms with Gasteiger partial charge in [-0.1, -0.05) is 18.2 Å². The van der Waals surface area contributed by atoms with E-state index in [2.05, 4.69) is 20.7 Å². The van der Waals surface area contributed by atoms with Gasteiger partial charge in [-0.3, -0.25) is 0 Å². The van der Waals surface area contributed by atoms with Crippen molar-refractivity contribution in [3.05, 3.63) is 59.2 Å². The van der Waals surface area contributed by atoms with Crippen molar-refractivity contribution >= 4 is 33.1 Å². The van der Waals surface area contributed by atoms with Gasteiger partial charge in [-0.25, -0.2) is 9.97 Å². The Morgan fingerprint density at radius 2 is 1.81 bits per heavy atom. The average molecular weight is 377 g/mol. The summed E-state index contributed by atoms with van der Waals surface area (Å²) in [6.07, 6.45) is 0. The molecule has 0 saturated heterocycles. The molecule has 0 radical (unpaired) electrons. The van der Waals surface area contributed by atoms with Crippen LogP contribution in [0.25, 0.3) is 21.3 Å². The van der Waals surface area contributed by atoms with E-state index in [1.54, 1.807) is 24.5 Å². The summed E-state index contributed by atoms with van der Waals surface area (Å²) < 4.78 is 5.25. The molecule has 136 valence electrons. The first-order valence-corrected chi connectivity index (χ1v) is 9.40. The minimum Gasteiger partial charge on any atom is -0.506 e. The lowest BCUT2D eigenvalue weighted by atomic mass is 10.1. The lowest BCUT2D eigenvalue weighted by molar-refractivity contribution is 0.415. The summed E-state index contributed by atoms with van der Waals surface area (Å²) in [5, 5.41) is 16.6. The van der Waals surface area contributed by atoms with Gasteiger partial charge in [0.15, 0.2) is 0 Å². The van der Waals surface area contributed by atoms with E-state index in [0.717, 1.165) is 32.7 Å². The molecule has 0 fully saturated rings. The molecule has 0 aliphatic rings. The Morgan fingerprint density at radius 3 is 2.52 bits per heavy atom. The van der Waals surface area contributed by atoms with Crippen LogP contribution in [0.4, 0.5) is 11.5 Å². The van der Waals surface area contributed by atoms with E-state index in [1.165, 1.54) is 0 Å². The van der Waals surface area contributed by atoms with Crippen molar-refractivity contribution in [3.63, 3.8) is 0 Å². The van der Waals surface area contributed by atoms with Crippen molar-refractivity contribution in [2.24, 2.45) is 0 Å². The third-order valence-electron chi connectivity index (χ3n) is 4.35. The molecule has 0 spiro atoms. The van der Waals surface area contributed by atoms with Crippen molar-refractivity contribution < 1.29 is 9.84 Å². The maximum atomic E-state index is 10.3. The number of phenols is 1. The van der Waals surface area contributed by atoms with E-state index in [1.807, 2.05) is 50.2 Å². The Hall–Kier alpha value is -3.12. The van der Waals surface area contributed by atoms with Crippen LogP contribution in [0.5, 0.6) is 11.5 Å². The molecule has 0 saturated carbocycles. The molecule has 0 unspecified atom stereocenters. The zero-order chi connectivity index (χ0) is 19.0. The number of ether oxygens (including phenoxy) is 1. The van der Waals surface area contributed by atoms with Crippen LogP contribution < -0.4 is 10.1 Å². The molecular weight excluding hydrogens is 358 g/mol. The predicted molar refractivity (Wildman–Crippen MR) is 110 cm³/mol. The van der Waals surface area contributed by atoms with E-state index in [4.69, 9.17) is 4.74 Å². The summed E-state index contributed by atoms with van der Waals surface area (Å²) in [7, 11) is 1.65. The topological polar surface area (TPSA) is 67.3 Å². The SMILES string of the molecule is COc1ccc(-c2csc3nc(C)nc(Nc4ccc(C)cc4O)c23)cc1. The molecule has 2 aromatic heterocycles. The number of methoxy groups -OCH3 is 1. The van der Waals surface area contributed by atoms with Gasteiger partial charge >= 0.3 is 0 Å². The molecule has 0 atom stereocenters. The summed E-state index contributed by atoms with van der Waals surface area (Å²) in [6.45, 7) is 3.81. The van der Waals surface area contributed by atoms with Crippen molar-refractivity contribution in [2.75, 3.05) is 12.4 Å². The zero-order valence-electron chi connectivity index (χ0n) is 15.3. The highest BCUT2D eigenvalue weighted by Gasteiger charge is 2.15. The largest absolute Gasteiger partial charge is 0.506 e. The Labute approximate surface area is 161 Å². The molecule has 2 aromatic carbocycles. The number of anilines is 2. The maximum absolute atomic E-state index is 10.3. The lowest BCUT2D eigenvalue weighted by Gasteiger charge is -2.11. The Bertz CT molecular complexity index is 1120. The van der Waals surface area contributed by atoms with Gasteiger partial charge in [-0.2, -0.15) is 0 Å². The first-order valence-electron chi connectivity index (χ1n) is 8.52. The van der Waals surface area contributed by atoms with E-state index in [-0.39, 0.29) is 5.75 Å². The van der Waals surface area contributed by atoms with Crippen LogP contribution in [0.1, 0.15) is 11.4 Å². The van der Waals surface area contributed by atoms with E-state index >= 15 is 0 Å². The van der Waals surface area contributed by atoms with Gasteiger partial charge in [0.1, 0.15) is 28.0 Å². The second-order valence-electron chi connectivity index (χ2n) is 6.32. The third-order valence-corrected chi connectivity index (χ3v) is 5.22. The standard InChI is InChI=1S/C21H19N3O2S/c1-12-4-9-17(18(25)10-12)24-20-19-16(11-27-21(19)23-13(2)22-20)14-5-7-15(26-3)8-6-14/h4-11,25H,1-3H3,(H,22,23,24).